The van der Waals surface area contributed by atoms with Crippen LogP contribution < -0.4 is 5.32 Å². The van der Waals surface area contributed by atoms with E-state index >= 15 is 0 Å². The molecule has 2 saturated carbocycles. The average Bonchev–Trinajstić information content (AvgIpc) is 2.77. The molecule has 0 aliphatic heterocycles. The fraction of sp³-hybridized carbons (Fsp3) is 1.00. The molecule has 5 unspecified atom stereocenters. The van der Waals surface area contributed by atoms with E-state index in [0.29, 0.717) is 0 Å². The molecule has 0 aromatic carbocycles. The second kappa shape index (κ2) is 6.16. The van der Waals surface area contributed by atoms with Crippen molar-refractivity contribution in [2.75, 3.05) is 6.54 Å². The zero-order chi connectivity index (χ0) is 14.0. The minimum absolute atomic E-state index is 0.279. The van der Waals surface area contributed by atoms with Crippen LogP contribution in [0.15, 0.2) is 0 Å². The van der Waals surface area contributed by atoms with Gasteiger partial charge in [-0.2, -0.15) is 0 Å². The largest absolute Gasteiger partial charge is 0.312 e. The molecule has 0 bridgehead atoms. The van der Waals surface area contributed by atoms with Gasteiger partial charge in [0.2, 0.25) is 0 Å². The number of hydrogen-bond donors (Lipinski definition) is 1. The van der Waals surface area contributed by atoms with Crippen molar-refractivity contribution in [3.8, 4) is 0 Å². The van der Waals surface area contributed by atoms with E-state index in [2.05, 4.69) is 39.9 Å². The lowest BCUT2D eigenvalue weighted by atomic mass is 9.69. The molecule has 5 atom stereocenters. The van der Waals surface area contributed by atoms with Crippen LogP contribution in [0.25, 0.3) is 0 Å². The van der Waals surface area contributed by atoms with Gasteiger partial charge in [-0.15, -0.1) is 0 Å². The second-order valence-electron chi connectivity index (χ2n) is 8.51. The summed E-state index contributed by atoms with van der Waals surface area (Å²) in [5.41, 5.74) is 0.279. The Morgan fingerprint density at radius 1 is 0.947 bits per heavy atom. The maximum atomic E-state index is 3.75. The van der Waals surface area contributed by atoms with Crippen LogP contribution in [0.3, 0.4) is 0 Å². The summed E-state index contributed by atoms with van der Waals surface area (Å²) in [5.74, 6) is 4.91. The standard InChI is InChI=1S/C18H35N/c1-13-9-10-15(11-14(13)2)17-8-6-7-16(17)12-19-18(3,4)5/h13-17,19H,6-12H2,1-5H3. The van der Waals surface area contributed by atoms with Gasteiger partial charge in [-0.1, -0.05) is 26.7 Å². The van der Waals surface area contributed by atoms with Crippen molar-refractivity contribution in [3.63, 3.8) is 0 Å². The molecule has 1 heteroatoms. The first kappa shape index (κ1) is 15.4. The fourth-order valence-corrected chi connectivity index (χ4v) is 4.35. The van der Waals surface area contributed by atoms with Gasteiger partial charge in [0.1, 0.15) is 0 Å². The molecule has 0 heterocycles. The molecule has 0 radical (unpaired) electrons. The summed E-state index contributed by atoms with van der Waals surface area (Å²) in [6.45, 7) is 13.1. The molecule has 1 N–H and O–H groups in total. The first-order valence-electron chi connectivity index (χ1n) is 8.62. The summed E-state index contributed by atoms with van der Waals surface area (Å²) in [7, 11) is 0. The van der Waals surface area contributed by atoms with Crippen molar-refractivity contribution in [1.29, 1.82) is 0 Å². The van der Waals surface area contributed by atoms with Crippen LogP contribution >= 0.6 is 0 Å². The molecule has 112 valence electrons. The average molecular weight is 265 g/mol. The molecular formula is C18H35N. The molecular weight excluding hydrogens is 230 g/mol. The Labute approximate surface area is 120 Å². The molecule has 1 nitrogen and oxygen atoms in total. The van der Waals surface area contributed by atoms with Crippen LogP contribution in [0, 0.1) is 29.6 Å². The third kappa shape index (κ3) is 4.21. The van der Waals surface area contributed by atoms with Crippen molar-refractivity contribution >= 4 is 0 Å². The number of rotatable bonds is 3. The highest BCUT2D eigenvalue weighted by molar-refractivity contribution is 4.89. The number of hydrogen-bond acceptors (Lipinski definition) is 1. The van der Waals surface area contributed by atoms with E-state index < -0.39 is 0 Å². The first-order valence-corrected chi connectivity index (χ1v) is 8.62. The van der Waals surface area contributed by atoms with Gasteiger partial charge in [0.25, 0.3) is 0 Å². The first-order chi connectivity index (χ1) is 8.87. The highest BCUT2D eigenvalue weighted by Crippen LogP contribution is 2.45. The zero-order valence-corrected chi connectivity index (χ0v) is 13.8. The Kier molecular flexibility index (Phi) is 4.98. The van der Waals surface area contributed by atoms with Gasteiger partial charge in [0, 0.05) is 5.54 Å². The van der Waals surface area contributed by atoms with Crippen LogP contribution in [-0.2, 0) is 0 Å². The van der Waals surface area contributed by atoms with Gasteiger partial charge in [-0.05, 0) is 82.6 Å². The van der Waals surface area contributed by atoms with Crippen molar-refractivity contribution in [3.05, 3.63) is 0 Å². The molecule has 0 aromatic heterocycles. The molecule has 19 heavy (non-hydrogen) atoms. The Morgan fingerprint density at radius 2 is 1.68 bits per heavy atom. The second-order valence-corrected chi connectivity index (χ2v) is 8.51. The molecule has 2 aliphatic carbocycles. The van der Waals surface area contributed by atoms with Crippen LogP contribution in [0.2, 0.25) is 0 Å². The molecule has 0 spiro atoms. The molecule has 2 rings (SSSR count). The fourth-order valence-electron chi connectivity index (χ4n) is 4.35. The molecule has 0 aromatic rings. The van der Waals surface area contributed by atoms with Crippen LogP contribution in [0.4, 0.5) is 0 Å². The van der Waals surface area contributed by atoms with E-state index in [9.17, 15) is 0 Å². The van der Waals surface area contributed by atoms with Gasteiger partial charge in [0.05, 0.1) is 0 Å². The normalized spacial score (nSPS) is 40.6. The maximum absolute atomic E-state index is 3.75. The van der Waals surface area contributed by atoms with Gasteiger partial charge < -0.3 is 5.32 Å². The minimum Gasteiger partial charge on any atom is -0.312 e. The van der Waals surface area contributed by atoms with E-state index in [0.717, 1.165) is 29.6 Å². The van der Waals surface area contributed by atoms with Gasteiger partial charge in [-0.3, -0.25) is 0 Å². The molecule has 2 fully saturated rings. The van der Waals surface area contributed by atoms with E-state index in [1.54, 1.807) is 0 Å². The van der Waals surface area contributed by atoms with Crippen molar-refractivity contribution in [1.82, 2.24) is 5.32 Å². The van der Waals surface area contributed by atoms with E-state index in [1.807, 2.05) is 0 Å². The topological polar surface area (TPSA) is 12.0 Å². The Balaban J connectivity index is 1.88. The smallest absolute Gasteiger partial charge is 0.00966 e. The van der Waals surface area contributed by atoms with Gasteiger partial charge in [-0.25, -0.2) is 0 Å². The van der Waals surface area contributed by atoms with Crippen molar-refractivity contribution < 1.29 is 0 Å². The van der Waals surface area contributed by atoms with Crippen LogP contribution in [0.1, 0.15) is 73.1 Å². The summed E-state index contributed by atoms with van der Waals surface area (Å²) in [6.07, 6.45) is 8.92. The van der Waals surface area contributed by atoms with Crippen molar-refractivity contribution in [2.24, 2.45) is 29.6 Å². The summed E-state index contributed by atoms with van der Waals surface area (Å²) in [6, 6.07) is 0. The van der Waals surface area contributed by atoms with E-state index in [1.165, 1.54) is 45.1 Å². The maximum Gasteiger partial charge on any atom is 0.00966 e. The van der Waals surface area contributed by atoms with Crippen molar-refractivity contribution in [2.45, 2.75) is 78.7 Å². The lowest BCUT2D eigenvalue weighted by molar-refractivity contribution is 0.129. The third-order valence-corrected chi connectivity index (χ3v) is 5.86. The van der Waals surface area contributed by atoms with E-state index in [-0.39, 0.29) is 5.54 Å². The molecule has 0 amide bonds. The minimum atomic E-state index is 0.279. The Hall–Kier alpha value is -0.0400. The summed E-state index contributed by atoms with van der Waals surface area (Å²) >= 11 is 0. The van der Waals surface area contributed by atoms with E-state index in [4.69, 9.17) is 0 Å². The lowest BCUT2D eigenvalue weighted by Crippen LogP contribution is -2.41. The van der Waals surface area contributed by atoms with Gasteiger partial charge >= 0.3 is 0 Å². The number of nitrogens with one attached hydrogen (secondary N) is 1. The quantitative estimate of drug-likeness (QED) is 0.768. The Bertz CT molecular complexity index is 278. The van der Waals surface area contributed by atoms with Gasteiger partial charge in [0.15, 0.2) is 0 Å². The monoisotopic (exact) mass is 265 g/mol. The highest BCUT2D eigenvalue weighted by Gasteiger charge is 2.37. The zero-order valence-electron chi connectivity index (χ0n) is 13.8. The third-order valence-electron chi connectivity index (χ3n) is 5.86. The summed E-state index contributed by atoms with van der Waals surface area (Å²) in [4.78, 5) is 0. The predicted molar refractivity (Wildman–Crippen MR) is 84.3 cm³/mol. The SMILES string of the molecule is CC1CCC(C2CCCC2CNC(C)(C)C)CC1C. The Morgan fingerprint density at radius 3 is 2.32 bits per heavy atom. The van der Waals surface area contributed by atoms with Crippen LogP contribution in [0.5, 0.6) is 0 Å². The summed E-state index contributed by atoms with van der Waals surface area (Å²) < 4.78 is 0. The summed E-state index contributed by atoms with van der Waals surface area (Å²) in [5, 5.41) is 3.75. The van der Waals surface area contributed by atoms with Crippen LogP contribution in [-0.4, -0.2) is 12.1 Å². The lowest BCUT2D eigenvalue weighted by Gasteiger charge is -2.38. The molecule has 2 aliphatic rings. The highest BCUT2D eigenvalue weighted by atomic mass is 14.9. The molecule has 0 saturated heterocycles. The predicted octanol–water partition coefficient (Wildman–Crippen LogP) is 4.86.